The van der Waals surface area contributed by atoms with Crippen LogP contribution < -0.4 is 10.5 Å². The van der Waals surface area contributed by atoms with E-state index in [9.17, 15) is 0 Å². The Bertz CT molecular complexity index is 506. The molecule has 2 aromatic rings. The van der Waals surface area contributed by atoms with Crippen LogP contribution in [0.2, 0.25) is 0 Å². The summed E-state index contributed by atoms with van der Waals surface area (Å²) in [5, 5.41) is 0. The Morgan fingerprint density at radius 2 is 1.76 bits per heavy atom. The van der Waals surface area contributed by atoms with E-state index < -0.39 is 0 Å². The molecule has 0 atom stereocenters. The van der Waals surface area contributed by atoms with Crippen molar-refractivity contribution in [2.75, 3.05) is 5.73 Å². The second kappa shape index (κ2) is 4.91. The van der Waals surface area contributed by atoms with Crippen LogP contribution in [0.4, 0.5) is 5.69 Å². The fourth-order valence-corrected chi connectivity index (χ4v) is 1.77. The van der Waals surface area contributed by atoms with Crippen molar-refractivity contribution in [1.82, 2.24) is 0 Å². The highest BCUT2D eigenvalue weighted by atomic mass is 16.5. The lowest BCUT2D eigenvalue weighted by Crippen LogP contribution is -2.06. The second-order valence-corrected chi connectivity index (χ2v) is 4.29. The third kappa shape index (κ3) is 2.78. The number of nitrogens with two attached hydrogens (primary N) is 1. The molecular weight excluding hydrogens is 210 g/mol. The minimum Gasteiger partial charge on any atom is -0.490 e. The van der Waals surface area contributed by atoms with Crippen LogP contribution in [-0.2, 0) is 0 Å². The van der Waals surface area contributed by atoms with Gasteiger partial charge in [-0.15, -0.1) is 0 Å². The van der Waals surface area contributed by atoms with E-state index in [0.717, 1.165) is 22.6 Å². The summed E-state index contributed by atoms with van der Waals surface area (Å²) in [5.74, 6) is 0.896. The van der Waals surface area contributed by atoms with E-state index in [0.29, 0.717) is 0 Å². The maximum Gasteiger partial charge on any atom is 0.127 e. The van der Waals surface area contributed by atoms with E-state index in [-0.39, 0.29) is 6.10 Å². The Morgan fingerprint density at radius 1 is 1.00 bits per heavy atom. The van der Waals surface area contributed by atoms with Crippen LogP contribution in [0.15, 0.2) is 48.5 Å². The fraction of sp³-hybridized carbons (Fsp3) is 0.200. The van der Waals surface area contributed by atoms with Crippen LogP contribution in [0.3, 0.4) is 0 Å². The summed E-state index contributed by atoms with van der Waals surface area (Å²) >= 11 is 0. The average Bonchev–Trinajstić information content (AvgIpc) is 2.29. The number of ether oxygens (including phenoxy) is 1. The molecule has 0 bridgehead atoms. The molecule has 0 aliphatic heterocycles. The Balaban J connectivity index is 2.44. The smallest absolute Gasteiger partial charge is 0.127 e. The van der Waals surface area contributed by atoms with Crippen molar-refractivity contribution >= 4 is 5.69 Å². The quantitative estimate of drug-likeness (QED) is 0.811. The molecule has 0 radical (unpaired) electrons. The van der Waals surface area contributed by atoms with E-state index in [1.165, 1.54) is 0 Å². The molecule has 0 unspecified atom stereocenters. The van der Waals surface area contributed by atoms with Gasteiger partial charge in [0.15, 0.2) is 0 Å². The van der Waals surface area contributed by atoms with E-state index in [4.69, 9.17) is 10.5 Å². The molecule has 0 spiro atoms. The number of anilines is 1. The molecule has 0 fully saturated rings. The third-order valence-corrected chi connectivity index (χ3v) is 2.45. The van der Waals surface area contributed by atoms with E-state index in [1.807, 2.05) is 62.4 Å². The second-order valence-electron chi connectivity index (χ2n) is 4.29. The normalized spacial score (nSPS) is 10.5. The van der Waals surface area contributed by atoms with Crippen molar-refractivity contribution in [3.63, 3.8) is 0 Å². The first-order chi connectivity index (χ1) is 8.16. The number of hydrogen-bond donors (Lipinski definition) is 1. The Morgan fingerprint density at radius 3 is 2.47 bits per heavy atom. The van der Waals surface area contributed by atoms with Gasteiger partial charge in [-0.05, 0) is 37.6 Å². The standard InChI is InChI=1S/C15H17NO/c1-11(2)17-15-9-4-3-8-14(15)12-6-5-7-13(16)10-12/h3-11H,16H2,1-2H3. The molecule has 0 saturated carbocycles. The Labute approximate surface area is 102 Å². The summed E-state index contributed by atoms with van der Waals surface area (Å²) < 4.78 is 5.80. The Kier molecular flexibility index (Phi) is 3.33. The molecule has 2 N–H and O–H groups in total. The fourth-order valence-electron chi connectivity index (χ4n) is 1.77. The van der Waals surface area contributed by atoms with Gasteiger partial charge >= 0.3 is 0 Å². The minimum atomic E-state index is 0.164. The van der Waals surface area contributed by atoms with Crippen LogP contribution >= 0.6 is 0 Å². The lowest BCUT2D eigenvalue weighted by molar-refractivity contribution is 0.243. The van der Waals surface area contributed by atoms with E-state index in [1.54, 1.807) is 0 Å². The van der Waals surface area contributed by atoms with Gasteiger partial charge in [-0.25, -0.2) is 0 Å². The van der Waals surface area contributed by atoms with Crippen molar-refractivity contribution in [3.05, 3.63) is 48.5 Å². The van der Waals surface area contributed by atoms with Gasteiger partial charge in [-0.1, -0.05) is 30.3 Å². The topological polar surface area (TPSA) is 35.2 Å². The number of nitrogen functional groups attached to an aromatic ring is 1. The van der Waals surface area contributed by atoms with Crippen LogP contribution in [0.1, 0.15) is 13.8 Å². The first kappa shape index (κ1) is 11.5. The highest BCUT2D eigenvalue weighted by Gasteiger charge is 2.07. The van der Waals surface area contributed by atoms with Crippen molar-refractivity contribution in [2.24, 2.45) is 0 Å². The number of hydrogen-bond acceptors (Lipinski definition) is 2. The first-order valence-corrected chi connectivity index (χ1v) is 5.78. The number of rotatable bonds is 3. The summed E-state index contributed by atoms with van der Waals surface area (Å²) in [5.41, 5.74) is 8.73. The molecule has 17 heavy (non-hydrogen) atoms. The lowest BCUT2D eigenvalue weighted by atomic mass is 10.0. The van der Waals surface area contributed by atoms with Crippen LogP contribution in [0.5, 0.6) is 5.75 Å². The zero-order valence-corrected chi connectivity index (χ0v) is 10.2. The minimum absolute atomic E-state index is 0.164. The number of para-hydroxylation sites is 1. The molecule has 0 aromatic heterocycles. The van der Waals surface area contributed by atoms with Gasteiger partial charge in [0.2, 0.25) is 0 Å². The summed E-state index contributed by atoms with van der Waals surface area (Å²) in [7, 11) is 0. The van der Waals surface area contributed by atoms with Crippen LogP contribution in [0.25, 0.3) is 11.1 Å². The van der Waals surface area contributed by atoms with Gasteiger partial charge in [-0.3, -0.25) is 0 Å². The molecular formula is C15H17NO. The number of benzene rings is 2. The molecule has 0 aliphatic rings. The molecule has 0 saturated heterocycles. The molecule has 2 heteroatoms. The third-order valence-electron chi connectivity index (χ3n) is 2.45. The molecule has 88 valence electrons. The maximum atomic E-state index is 5.81. The SMILES string of the molecule is CC(C)Oc1ccccc1-c1cccc(N)c1. The van der Waals surface area contributed by atoms with Crippen molar-refractivity contribution in [3.8, 4) is 16.9 Å². The van der Waals surface area contributed by atoms with Gasteiger partial charge in [0.25, 0.3) is 0 Å². The highest BCUT2D eigenvalue weighted by Crippen LogP contribution is 2.31. The summed E-state index contributed by atoms with van der Waals surface area (Å²) in [6, 6.07) is 15.9. The molecule has 2 aromatic carbocycles. The van der Waals surface area contributed by atoms with Crippen LogP contribution in [0, 0.1) is 0 Å². The molecule has 2 nitrogen and oxygen atoms in total. The Hall–Kier alpha value is -1.96. The summed E-state index contributed by atoms with van der Waals surface area (Å²) in [4.78, 5) is 0. The van der Waals surface area contributed by atoms with Gasteiger partial charge in [-0.2, -0.15) is 0 Å². The molecule has 0 heterocycles. The molecule has 0 amide bonds. The van der Waals surface area contributed by atoms with Crippen molar-refractivity contribution in [2.45, 2.75) is 20.0 Å². The lowest BCUT2D eigenvalue weighted by Gasteiger charge is -2.14. The maximum absolute atomic E-state index is 5.81. The predicted molar refractivity (Wildman–Crippen MR) is 72.1 cm³/mol. The largest absolute Gasteiger partial charge is 0.490 e. The van der Waals surface area contributed by atoms with E-state index >= 15 is 0 Å². The van der Waals surface area contributed by atoms with Gasteiger partial charge in [0.05, 0.1) is 6.10 Å². The first-order valence-electron chi connectivity index (χ1n) is 5.78. The summed E-state index contributed by atoms with van der Waals surface area (Å²) in [6.07, 6.45) is 0.164. The van der Waals surface area contributed by atoms with Gasteiger partial charge in [0.1, 0.15) is 5.75 Å². The van der Waals surface area contributed by atoms with Gasteiger partial charge in [0, 0.05) is 11.3 Å². The predicted octanol–water partition coefficient (Wildman–Crippen LogP) is 3.72. The van der Waals surface area contributed by atoms with Gasteiger partial charge < -0.3 is 10.5 Å². The van der Waals surface area contributed by atoms with E-state index in [2.05, 4.69) is 0 Å². The zero-order valence-electron chi connectivity index (χ0n) is 10.2. The van der Waals surface area contributed by atoms with Crippen molar-refractivity contribution in [1.29, 1.82) is 0 Å². The highest BCUT2D eigenvalue weighted by molar-refractivity contribution is 5.72. The average molecular weight is 227 g/mol. The molecule has 0 aliphatic carbocycles. The van der Waals surface area contributed by atoms with Crippen molar-refractivity contribution < 1.29 is 4.74 Å². The van der Waals surface area contributed by atoms with Crippen LogP contribution in [-0.4, -0.2) is 6.10 Å². The summed E-state index contributed by atoms with van der Waals surface area (Å²) in [6.45, 7) is 4.05. The molecule has 2 rings (SSSR count). The monoisotopic (exact) mass is 227 g/mol. The zero-order chi connectivity index (χ0) is 12.3.